The normalized spacial score (nSPS) is 11.7. The van der Waals surface area contributed by atoms with Gasteiger partial charge < -0.3 is 13.7 Å². The van der Waals surface area contributed by atoms with E-state index in [0.29, 0.717) is 0 Å². The Kier molecular flexibility index (Phi) is 9.94. The third-order valence-electron chi connectivity index (χ3n) is 12.4. The van der Waals surface area contributed by atoms with Crippen molar-refractivity contribution in [1.29, 1.82) is 0 Å². The van der Waals surface area contributed by atoms with Crippen LogP contribution in [0.4, 0.5) is 0 Å². The van der Waals surface area contributed by atoms with E-state index in [1.807, 2.05) is 13.0 Å². The summed E-state index contributed by atoms with van der Waals surface area (Å²) in [4.78, 5) is 0. The highest BCUT2D eigenvalue weighted by atomic mass is 15.0. The lowest BCUT2D eigenvalue weighted by Gasteiger charge is -2.10. The molecule has 11 rings (SSSR count). The van der Waals surface area contributed by atoms with Crippen LogP contribution in [0.2, 0.25) is 0 Å². The fraction of sp³-hybridized carbons (Fsp3) is 0.0333. The first-order valence-corrected chi connectivity index (χ1v) is 21.3. The summed E-state index contributed by atoms with van der Waals surface area (Å²) in [5, 5.41) is 7.60. The Balaban J connectivity index is 0.000000382. The molecule has 3 heteroatoms. The minimum atomic E-state index is 0.886. The summed E-state index contributed by atoms with van der Waals surface area (Å²) in [5.74, 6) is 0. The Hall–Kier alpha value is -8.14. The number of hydrogen-bond acceptors (Lipinski definition) is 0. The van der Waals surface area contributed by atoms with Crippen molar-refractivity contribution in [3.63, 3.8) is 0 Å². The first kappa shape index (κ1) is 39.0. The summed E-state index contributed by atoms with van der Waals surface area (Å²) in [6.45, 7) is 16.8. The molecule has 0 aliphatic heterocycles. The fourth-order valence-corrected chi connectivity index (χ4v) is 9.33. The molecule has 0 atom stereocenters. The zero-order valence-corrected chi connectivity index (χ0v) is 35.7. The van der Waals surface area contributed by atoms with Crippen molar-refractivity contribution in [2.24, 2.45) is 7.05 Å². The summed E-state index contributed by atoms with van der Waals surface area (Å²) in [6.07, 6.45) is 5.31. The SMILES string of the molecule is C=C/C=C(\C(=C)C)C(=C)C=C.Cn1c2ccccc2c2ccc(-c3ccc4c(c3)c3cc(-c5ccc6c7ccccc7n(-c7ccccc7)c6c5)ccc3n4-c3ccccc3)cc21. The van der Waals surface area contributed by atoms with Crippen LogP contribution in [0.1, 0.15) is 6.92 Å². The Labute approximate surface area is 368 Å². The number of aromatic nitrogens is 3. The minimum Gasteiger partial charge on any atom is -0.344 e. The Morgan fingerprint density at radius 2 is 0.825 bits per heavy atom. The molecule has 0 aliphatic rings. The summed E-state index contributed by atoms with van der Waals surface area (Å²) in [5.41, 5.74) is 17.4. The Morgan fingerprint density at radius 1 is 0.413 bits per heavy atom. The molecule has 3 aromatic heterocycles. The lowest BCUT2D eigenvalue weighted by Crippen LogP contribution is -1.93. The first-order chi connectivity index (χ1) is 30.8. The van der Waals surface area contributed by atoms with Crippen molar-refractivity contribution >= 4 is 65.4 Å². The van der Waals surface area contributed by atoms with Gasteiger partial charge in [-0.25, -0.2) is 0 Å². The van der Waals surface area contributed by atoms with E-state index in [1.165, 1.54) is 93.4 Å². The molecule has 0 amide bonds. The van der Waals surface area contributed by atoms with Crippen molar-refractivity contribution < 1.29 is 0 Å². The predicted molar refractivity (Wildman–Crippen MR) is 272 cm³/mol. The molecule has 0 N–H and O–H groups in total. The molecule has 3 heterocycles. The molecule has 0 radical (unpaired) electrons. The molecule has 0 bridgehead atoms. The second-order valence-corrected chi connectivity index (χ2v) is 16.2. The second kappa shape index (κ2) is 16.0. The minimum absolute atomic E-state index is 0.886. The zero-order valence-electron chi connectivity index (χ0n) is 35.7. The van der Waals surface area contributed by atoms with Crippen LogP contribution in [0.15, 0.2) is 243 Å². The van der Waals surface area contributed by atoms with Crippen molar-refractivity contribution in [3.05, 3.63) is 243 Å². The maximum absolute atomic E-state index is 3.82. The van der Waals surface area contributed by atoms with Gasteiger partial charge in [0, 0.05) is 61.8 Å². The van der Waals surface area contributed by atoms with Crippen LogP contribution in [-0.2, 0) is 7.05 Å². The molecule has 0 saturated carbocycles. The van der Waals surface area contributed by atoms with Gasteiger partial charge in [-0.1, -0.05) is 159 Å². The standard InChI is InChI=1S/C49H33N3.C11H14/c1-50-44-18-10-8-16-38(44)40-24-20-34(30-48(40)50)32-22-26-46-42(28-32)43-29-33(23-27-47(43)51(46)36-12-4-2-5-13-36)35-21-25-41-39-17-9-11-19-45(39)52(49(41)31-35)37-14-6-3-7-15-37;1-6-8-11(9(3)4)10(5)7-2/h2-31H,1H3;6-8H,1-3,5H2,4H3/b;11-8+. The number of para-hydroxylation sites is 4. The lowest BCUT2D eigenvalue weighted by molar-refractivity contribution is 1.01. The van der Waals surface area contributed by atoms with Gasteiger partial charge in [0.05, 0.1) is 22.1 Å². The van der Waals surface area contributed by atoms with Crippen LogP contribution in [0.25, 0.3) is 99.0 Å². The maximum atomic E-state index is 3.82. The molecular formula is C60H47N3. The van der Waals surface area contributed by atoms with E-state index in [-0.39, 0.29) is 0 Å². The number of benzene rings is 8. The van der Waals surface area contributed by atoms with Gasteiger partial charge in [-0.3, -0.25) is 0 Å². The number of fused-ring (bicyclic) bond motifs is 9. The van der Waals surface area contributed by atoms with Crippen LogP contribution in [0.5, 0.6) is 0 Å². The van der Waals surface area contributed by atoms with Crippen LogP contribution < -0.4 is 0 Å². The van der Waals surface area contributed by atoms with Gasteiger partial charge in [0.15, 0.2) is 0 Å². The largest absolute Gasteiger partial charge is 0.344 e. The van der Waals surface area contributed by atoms with E-state index in [2.05, 4.69) is 229 Å². The highest BCUT2D eigenvalue weighted by molar-refractivity contribution is 6.14. The number of nitrogens with zero attached hydrogens (tertiary/aromatic N) is 3. The molecule has 0 aliphatic carbocycles. The first-order valence-electron chi connectivity index (χ1n) is 21.3. The zero-order chi connectivity index (χ0) is 43.2. The van der Waals surface area contributed by atoms with E-state index in [4.69, 9.17) is 0 Å². The molecule has 0 fully saturated rings. The Morgan fingerprint density at radius 3 is 1.37 bits per heavy atom. The van der Waals surface area contributed by atoms with Gasteiger partial charge in [-0.05, 0) is 113 Å². The maximum Gasteiger partial charge on any atom is 0.0547 e. The van der Waals surface area contributed by atoms with E-state index in [0.717, 1.165) is 22.4 Å². The Bertz CT molecular complexity index is 3640. The average molecular weight is 810 g/mol. The van der Waals surface area contributed by atoms with Crippen LogP contribution in [0, 0.1) is 0 Å². The van der Waals surface area contributed by atoms with Crippen LogP contribution in [0.3, 0.4) is 0 Å². The summed E-state index contributed by atoms with van der Waals surface area (Å²) in [7, 11) is 2.17. The van der Waals surface area contributed by atoms with E-state index in [1.54, 1.807) is 12.2 Å². The van der Waals surface area contributed by atoms with Gasteiger partial charge in [-0.15, -0.1) is 0 Å². The lowest BCUT2D eigenvalue weighted by atomic mass is 9.99. The summed E-state index contributed by atoms with van der Waals surface area (Å²) >= 11 is 0. The van der Waals surface area contributed by atoms with Gasteiger partial charge in [0.25, 0.3) is 0 Å². The summed E-state index contributed by atoms with van der Waals surface area (Å²) in [6, 6.07) is 66.6. The van der Waals surface area contributed by atoms with Gasteiger partial charge in [0.2, 0.25) is 0 Å². The van der Waals surface area contributed by atoms with Gasteiger partial charge in [-0.2, -0.15) is 0 Å². The quantitative estimate of drug-likeness (QED) is 0.136. The smallest absolute Gasteiger partial charge is 0.0547 e. The molecule has 302 valence electrons. The summed E-state index contributed by atoms with van der Waals surface area (Å²) < 4.78 is 7.11. The topological polar surface area (TPSA) is 14.8 Å². The molecular weight excluding hydrogens is 763 g/mol. The molecule has 8 aromatic carbocycles. The monoisotopic (exact) mass is 809 g/mol. The van der Waals surface area contributed by atoms with Crippen LogP contribution >= 0.6 is 0 Å². The third kappa shape index (κ3) is 6.72. The van der Waals surface area contributed by atoms with Crippen LogP contribution in [-0.4, -0.2) is 13.7 Å². The number of hydrogen-bond donors (Lipinski definition) is 0. The predicted octanol–water partition coefficient (Wildman–Crippen LogP) is 16.3. The molecule has 11 aromatic rings. The van der Waals surface area contributed by atoms with E-state index >= 15 is 0 Å². The fourth-order valence-electron chi connectivity index (χ4n) is 9.33. The van der Waals surface area contributed by atoms with E-state index in [9.17, 15) is 0 Å². The van der Waals surface area contributed by atoms with Gasteiger partial charge in [0.1, 0.15) is 0 Å². The number of allylic oxidation sites excluding steroid dienone is 6. The van der Waals surface area contributed by atoms with Crippen molar-refractivity contribution in [3.8, 4) is 33.6 Å². The molecule has 3 nitrogen and oxygen atoms in total. The third-order valence-corrected chi connectivity index (χ3v) is 12.4. The average Bonchev–Trinajstić information content (AvgIpc) is 3.95. The number of aryl methyl sites for hydroxylation is 1. The molecule has 0 saturated heterocycles. The molecule has 63 heavy (non-hydrogen) atoms. The number of rotatable bonds is 8. The van der Waals surface area contributed by atoms with Crippen molar-refractivity contribution in [2.75, 3.05) is 0 Å². The van der Waals surface area contributed by atoms with Gasteiger partial charge >= 0.3 is 0 Å². The van der Waals surface area contributed by atoms with E-state index < -0.39 is 0 Å². The second-order valence-electron chi connectivity index (χ2n) is 16.2. The molecule has 0 unspecified atom stereocenters. The molecule has 0 spiro atoms. The van der Waals surface area contributed by atoms with Crippen molar-refractivity contribution in [2.45, 2.75) is 6.92 Å². The van der Waals surface area contributed by atoms with Crippen molar-refractivity contribution in [1.82, 2.24) is 13.7 Å². The highest BCUT2D eigenvalue weighted by Gasteiger charge is 2.17. The highest BCUT2D eigenvalue weighted by Crippen LogP contribution is 2.40.